The van der Waals surface area contributed by atoms with E-state index in [1.54, 1.807) is 30.3 Å². The summed E-state index contributed by atoms with van der Waals surface area (Å²) >= 11 is 6.56. The number of amides is 2. The summed E-state index contributed by atoms with van der Waals surface area (Å²) in [6.07, 6.45) is 2.33. The van der Waals surface area contributed by atoms with Crippen molar-refractivity contribution in [2.24, 2.45) is 0 Å². The van der Waals surface area contributed by atoms with Gasteiger partial charge in [0.05, 0.1) is 10.5 Å². The van der Waals surface area contributed by atoms with Crippen LogP contribution in [0.5, 0.6) is 11.5 Å². The van der Waals surface area contributed by atoms with Crippen molar-refractivity contribution >= 4 is 57.8 Å². The van der Waals surface area contributed by atoms with E-state index in [2.05, 4.69) is 5.32 Å². The van der Waals surface area contributed by atoms with Crippen molar-refractivity contribution in [2.45, 2.75) is 12.8 Å². The molecule has 2 heterocycles. The number of rotatable bonds is 7. The average Bonchev–Trinajstić information content (AvgIpc) is 3.33. The van der Waals surface area contributed by atoms with Gasteiger partial charge in [0.1, 0.15) is 4.32 Å². The van der Waals surface area contributed by atoms with Crippen molar-refractivity contribution in [3.05, 3.63) is 58.5 Å². The standard InChI is InChI=1S/C22H18N2O6S2/c25-19(23-15-4-1-3-14(11-15)21(27)28)5-2-8-24-20(26)18(32-22(24)31)10-13-6-7-16-17(9-13)30-12-29-16/h1,3-4,6-7,9-11H,2,5,8,12H2,(H,23,25)(H,27,28). The smallest absolute Gasteiger partial charge is 0.335 e. The summed E-state index contributed by atoms with van der Waals surface area (Å²) in [5, 5.41) is 11.7. The summed E-state index contributed by atoms with van der Waals surface area (Å²) in [5.41, 5.74) is 1.31. The minimum atomic E-state index is -1.07. The predicted molar refractivity (Wildman–Crippen MR) is 124 cm³/mol. The van der Waals surface area contributed by atoms with Crippen LogP contribution in [0.4, 0.5) is 5.69 Å². The molecule has 2 aromatic carbocycles. The zero-order valence-corrected chi connectivity index (χ0v) is 18.3. The maximum atomic E-state index is 12.8. The van der Waals surface area contributed by atoms with Crippen molar-refractivity contribution in [3.63, 3.8) is 0 Å². The molecule has 4 rings (SSSR count). The molecule has 1 fully saturated rings. The van der Waals surface area contributed by atoms with Crippen LogP contribution in [0.1, 0.15) is 28.8 Å². The third-order valence-corrected chi connectivity index (χ3v) is 6.12. The van der Waals surface area contributed by atoms with E-state index < -0.39 is 5.97 Å². The summed E-state index contributed by atoms with van der Waals surface area (Å²) in [5.74, 6) is -0.234. The molecule has 0 unspecified atom stereocenters. The van der Waals surface area contributed by atoms with Gasteiger partial charge in [-0.2, -0.15) is 0 Å². The van der Waals surface area contributed by atoms with Gasteiger partial charge in [-0.25, -0.2) is 4.79 Å². The second-order valence-electron chi connectivity index (χ2n) is 6.98. The number of nitrogens with zero attached hydrogens (tertiary/aromatic N) is 1. The molecule has 2 aliphatic rings. The van der Waals surface area contributed by atoms with Gasteiger partial charge < -0.3 is 19.9 Å². The number of thioether (sulfide) groups is 1. The Labute approximate surface area is 193 Å². The number of hydrogen-bond donors (Lipinski definition) is 2. The van der Waals surface area contributed by atoms with E-state index in [-0.39, 0.29) is 30.6 Å². The molecule has 8 nitrogen and oxygen atoms in total. The molecular formula is C22H18N2O6S2. The van der Waals surface area contributed by atoms with E-state index in [0.717, 1.165) is 5.56 Å². The molecule has 0 radical (unpaired) electrons. The molecule has 0 atom stereocenters. The van der Waals surface area contributed by atoms with E-state index in [0.29, 0.717) is 39.4 Å². The van der Waals surface area contributed by atoms with Crippen LogP contribution in [-0.4, -0.2) is 45.4 Å². The number of nitrogens with one attached hydrogen (secondary N) is 1. The SMILES string of the molecule is O=C(CCCN1C(=O)C(=Cc2ccc3c(c2)OCO3)SC1=S)Nc1cccc(C(=O)O)c1. The number of benzene rings is 2. The van der Waals surface area contributed by atoms with E-state index in [1.807, 2.05) is 6.07 Å². The number of carbonyl (C=O) groups is 3. The fourth-order valence-corrected chi connectivity index (χ4v) is 4.51. The van der Waals surface area contributed by atoms with Crippen molar-refractivity contribution in [3.8, 4) is 11.5 Å². The third-order valence-electron chi connectivity index (χ3n) is 4.75. The molecule has 1 saturated heterocycles. The molecule has 0 aromatic heterocycles. The molecular weight excluding hydrogens is 452 g/mol. The molecule has 2 N–H and O–H groups in total. The lowest BCUT2D eigenvalue weighted by Gasteiger charge is -2.14. The zero-order chi connectivity index (χ0) is 22.7. The summed E-state index contributed by atoms with van der Waals surface area (Å²) in [7, 11) is 0. The lowest BCUT2D eigenvalue weighted by atomic mass is 10.2. The molecule has 32 heavy (non-hydrogen) atoms. The van der Waals surface area contributed by atoms with Gasteiger partial charge in [-0.05, 0) is 48.4 Å². The molecule has 2 aromatic rings. The molecule has 0 spiro atoms. The van der Waals surface area contributed by atoms with Crippen molar-refractivity contribution in [1.82, 2.24) is 4.90 Å². The van der Waals surface area contributed by atoms with E-state index in [1.165, 1.54) is 28.8 Å². The molecule has 0 bridgehead atoms. The fraction of sp³-hybridized carbons (Fsp3) is 0.182. The Kier molecular flexibility index (Phi) is 6.42. The quantitative estimate of drug-likeness (QED) is 0.466. The summed E-state index contributed by atoms with van der Waals surface area (Å²) in [6, 6.07) is 11.5. The van der Waals surface area contributed by atoms with Gasteiger partial charge >= 0.3 is 5.97 Å². The van der Waals surface area contributed by atoms with Gasteiger partial charge in [-0.3, -0.25) is 14.5 Å². The number of carboxylic acids is 1. The van der Waals surface area contributed by atoms with Crippen LogP contribution in [0, 0.1) is 0 Å². The number of carboxylic acid groups (broad SMARTS) is 1. The van der Waals surface area contributed by atoms with E-state index >= 15 is 0 Å². The van der Waals surface area contributed by atoms with Crippen LogP contribution in [0.15, 0.2) is 47.4 Å². The Morgan fingerprint density at radius 1 is 1.19 bits per heavy atom. The number of fused-ring (bicyclic) bond motifs is 1. The van der Waals surface area contributed by atoms with Gasteiger partial charge in [0, 0.05) is 18.7 Å². The van der Waals surface area contributed by atoms with Crippen LogP contribution in [0.25, 0.3) is 6.08 Å². The van der Waals surface area contributed by atoms with Crippen LogP contribution in [0.3, 0.4) is 0 Å². The van der Waals surface area contributed by atoms with Gasteiger partial charge in [-0.15, -0.1) is 0 Å². The second-order valence-corrected chi connectivity index (χ2v) is 8.66. The highest BCUT2D eigenvalue weighted by atomic mass is 32.2. The van der Waals surface area contributed by atoms with Crippen LogP contribution in [0.2, 0.25) is 0 Å². The topological polar surface area (TPSA) is 105 Å². The molecule has 164 valence electrons. The third kappa shape index (κ3) is 4.92. The monoisotopic (exact) mass is 470 g/mol. The normalized spacial score (nSPS) is 16.0. The first-order chi connectivity index (χ1) is 15.4. The Morgan fingerprint density at radius 3 is 2.81 bits per heavy atom. The fourth-order valence-electron chi connectivity index (χ4n) is 3.20. The first-order valence-corrected chi connectivity index (χ1v) is 10.9. The first-order valence-electron chi connectivity index (χ1n) is 9.69. The first kappa shape index (κ1) is 21.8. The number of hydrogen-bond acceptors (Lipinski definition) is 7. The minimum absolute atomic E-state index is 0.0922. The van der Waals surface area contributed by atoms with Crippen molar-refractivity contribution in [2.75, 3.05) is 18.7 Å². The maximum absolute atomic E-state index is 12.8. The lowest BCUT2D eigenvalue weighted by molar-refractivity contribution is -0.122. The summed E-state index contributed by atoms with van der Waals surface area (Å²) in [6.45, 7) is 0.491. The number of aromatic carboxylic acids is 1. The van der Waals surface area contributed by atoms with Crippen LogP contribution in [-0.2, 0) is 9.59 Å². The molecule has 0 aliphatic carbocycles. The summed E-state index contributed by atoms with van der Waals surface area (Å²) in [4.78, 5) is 38.0. The Hall–Kier alpha value is -3.37. The average molecular weight is 471 g/mol. The maximum Gasteiger partial charge on any atom is 0.335 e. The molecule has 0 saturated carbocycles. The lowest BCUT2D eigenvalue weighted by Crippen LogP contribution is -2.29. The minimum Gasteiger partial charge on any atom is -0.478 e. The number of anilines is 1. The van der Waals surface area contributed by atoms with Crippen molar-refractivity contribution in [1.29, 1.82) is 0 Å². The van der Waals surface area contributed by atoms with Gasteiger partial charge in [-0.1, -0.05) is 36.1 Å². The molecule has 2 amide bonds. The summed E-state index contributed by atoms with van der Waals surface area (Å²) < 4.78 is 11.1. The number of ether oxygens (including phenoxy) is 2. The van der Waals surface area contributed by atoms with Crippen LogP contribution < -0.4 is 14.8 Å². The Bertz CT molecular complexity index is 1150. The molecule has 2 aliphatic heterocycles. The highest BCUT2D eigenvalue weighted by Crippen LogP contribution is 2.36. The largest absolute Gasteiger partial charge is 0.478 e. The van der Waals surface area contributed by atoms with Gasteiger partial charge in [0.15, 0.2) is 11.5 Å². The van der Waals surface area contributed by atoms with Gasteiger partial charge in [0.2, 0.25) is 12.7 Å². The molecule has 10 heteroatoms. The van der Waals surface area contributed by atoms with Gasteiger partial charge in [0.25, 0.3) is 5.91 Å². The second kappa shape index (κ2) is 9.41. The predicted octanol–water partition coefficient (Wildman–Crippen LogP) is 3.73. The van der Waals surface area contributed by atoms with E-state index in [9.17, 15) is 14.4 Å². The van der Waals surface area contributed by atoms with Crippen molar-refractivity contribution < 1.29 is 29.0 Å². The zero-order valence-electron chi connectivity index (χ0n) is 16.7. The van der Waals surface area contributed by atoms with E-state index in [4.69, 9.17) is 26.8 Å². The Balaban J connectivity index is 1.31. The van der Waals surface area contributed by atoms with Crippen LogP contribution >= 0.6 is 24.0 Å². The highest BCUT2D eigenvalue weighted by Gasteiger charge is 2.31. The number of carbonyl (C=O) groups excluding carboxylic acids is 2. The highest BCUT2D eigenvalue weighted by molar-refractivity contribution is 8.26. The number of thiocarbonyl (C=S) groups is 1. The Morgan fingerprint density at radius 2 is 2.00 bits per heavy atom.